The van der Waals surface area contributed by atoms with Crippen molar-refractivity contribution in [1.82, 2.24) is 15.0 Å². The van der Waals surface area contributed by atoms with Gasteiger partial charge >= 0.3 is 10.4 Å². The molecule has 2 N–H and O–H groups in total. The molecule has 0 atom stereocenters. The maximum atomic E-state index is 10.6. The Bertz CT molecular complexity index is 1080. The molecule has 0 amide bonds. The van der Waals surface area contributed by atoms with Crippen molar-refractivity contribution < 1.29 is 17.2 Å². The van der Waals surface area contributed by atoms with Crippen molar-refractivity contribution in [2.45, 2.75) is 6.42 Å². The molecule has 1 aromatic heterocycles. The van der Waals surface area contributed by atoms with Gasteiger partial charge in [0.25, 0.3) is 0 Å². The quantitative estimate of drug-likeness (QED) is 0.513. The highest BCUT2D eigenvalue weighted by Gasteiger charge is 2.11. The predicted octanol–water partition coefficient (Wildman–Crippen LogP) is 3.40. The van der Waals surface area contributed by atoms with Crippen LogP contribution in [0.15, 0.2) is 54.6 Å². The van der Waals surface area contributed by atoms with Crippen molar-refractivity contribution >= 4 is 45.3 Å². The molecule has 2 aromatic carbocycles. The molecule has 3 aromatic rings. The maximum absolute atomic E-state index is 10.6. The van der Waals surface area contributed by atoms with Gasteiger partial charge < -0.3 is 10.2 Å². The molecular weight excluding hydrogens is 418 g/mol. The van der Waals surface area contributed by atoms with E-state index in [1.165, 1.54) is 0 Å². The van der Waals surface area contributed by atoms with Crippen LogP contribution < -0.4 is 10.2 Å². The number of benzene rings is 2. The molecule has 0 radical (unpaired) electrons. The minimum Gasteiger partial charge on any atom is -0.324 e. The van der Waals surface area contributed by atoms with Crippen LogP contribution in [0.4, 0.5) is 23.3 Å². The van der Waals surface area contributed by atoms with Crippen LogP contribution in [0.2, 0.25) is 5.28 Å². The van der Waals surface area contributed by atoms with Crippen LogP contribution in [-0.4, -0.2) is 41.6 Å². The topological polar surface area (TPSA) is 118 Å². The van der Waals surface area contributed by atoms with Crippen molar-refractivity contribution in [3.8, 4) is 0 Å². The normalized spacial score (nSPS) is 11.3. The van der Waals surface area contributed by atoms with Crippen LogP contribution in [0.25, 0.3) is 0 Å². The minimum absolute atomic E-state index is 0.0398. The Morgan fingerprint density at radius 3 is 2.59 bits per heavy atom. The SMILES string of the molecule is CN(c1ccccc1)c1nc(Cl)nc(Nc2cccc(CCOS(=O)(=O)O)c2)n1. The van der Waals surface area contributed by atoms with Gasteiger partial charge in [-0.3, -0.25) is 4.55 Å². The lowest BCUT2D eigenvalue weighted by Crippen LogP contribution is -2.14. The van der Waals surface area contributed by atoms with E-state index in [4.69, 9.17) is 16.2 Å². The fourth-order valence-electron chi connectivity index (χ4n) is 2.51. The minimum atomic E-state index is -4.46. The van der Waals surface area contributed by atoms with Gasteiger partial charge in [0.1, 0.15) is 0 Å². The first-order valence-electron chi connectivity index (χ1n) is 8.48. The van der Waals surface area contributed by atoms with Crippen molar-refractivity contribution in [3.63, 3.8) is 0 Å². The lowest BCUT2D eigenvalue weighted by atomic mass is 10.1. The van der Waals surface area contributed by atoms with E-state index in [0.29, 0.717) is 11.6 Å². The van der Waals surface area contributed by atoms with Gasteiger partial charge in [-0.25, -0.2) is 4.18 Å². The first-order valence-corrected chi connectivity index (χ1v) is 10.2. The van der Waals surface area contributed by atoms with Gasteiger partial charge in [-0.1, -0.05) is 30.3 Å². The number of para-hydroxylation sites is 1. The summed E-state index contributed by atoms with van der Waals surface area (Å²) in [4.78, 5) is 14.4. The Labute approximate surface area is 173 Å². The summed E-state index contributed by atoms with van der Waals surface area (Å²) < 4.78 is 34.2. The second kappa shape index (κ2) is 9.14. The van der Waals surface area contributed by atoms with Gasteiger partial charge in [0.05, 0.1) is 6.61 Å². The van der Waals surface area contributed by atoms with E-state index in [-0.39, 0.29) is 24.3 Å². The molecule has 0 saturated heterocycles. The fraction of sp³-hybridized carbons (Fsp3) is 0.167. The van der Waals surface area contributed by atoms with E-state index in [1.807, 2.05) is 37.4 Å². The van der Waals surface area contributed by atoms with Crippen LogP contribution in [0.3, 0.4) is 0 Å². The third-order valence-corrected chi connectivity index (χ3v) is 4.48. The Morgan fingerprint density at radius 2 is 1.86 bits per heavy atom. The zero-order chi connectivity index (χ0) is 20.9. The average Bonchev–Trinajstić information content (AvgIpc) is 2.67. The molecule has 0 bridgehead atoms. The molecule has 29 heavy (non-hydrogen) atoms. The van der Waals surface area contributed by atoms with E-state index in [0.717, 1.165) is 11.3 Å². The summed E-state index contributed by atoms with van der Waals surface area (Å²) >= 11 is 6.06. The van der Waals surface area contributed by atoms with Gasteiger partial charge in [0, 0.05) is 18.4 Å². The third kappa shape index (κ3) is 6.36. The lowest BCUT2D eigenvalue weighted by molar-refractivity contribution is 0.272. The summed E-state index contributed by atoms with van der Waals surface area (Å²) in [5.74, 6) is 0.630. The second-order valence-corrected chi connectivity index (χ2v) is 7.38. The largest absolute Gasteiger partial charge is 0.397 e. The lowest BCUT2D eigenvalue weighted by Gasteiger charge is -2.17. The number of hydrogen-bond acceptors (Lipinski definition) is 8. The molecule has 11 heteroatoms. The number of anilines is 4. The van der Waals surface area contributed by atoms with E-state index < -0.39 is 10.4 Å². The van der Waals surface area contributed by atoms with Crippen molar-refractivity contribution in [1.29, 1.82) is 0 Å². The van der Waals surface area contributed by atoms with Crippen LogP contribution in [0.5, 0.6) is 0 Å². The first kappa shape index (κ1) is 20.9. The van der Waals surface area contributed by atoms with Gasteiger partial charge in [-0.05, 0) is 47.9 Å². The van der Waals surface area contributed by atoms with Crippen LogP contribution in [-0.2, 0) is 21.0 Å². The van der Waals surface area contributed by atoms with Gasteiger partial charge in [0.15, 0.2) is 0 Å². The van der Waals surface area contributed by atoms with Crippen LogP contribution in [0, 0.1) is 0 Å². The predicted molar refractivity (Wildman–Crippen MR) is 110 cm³/mol. The number of nitrogens with one attached hydrogen (secondary N) is 1. The van der Waals surface area contributed by atoms with Crippen molar-refractivity contribution in [2.24, 2.45) is 0 Å². The maximum Gasteiger partial charge on any atom is 0.397 e. The molecule has 1 heterocycles. The number of hydrogen-bond donors (Lipinski definition) is 2. The number of rotatable bonds is 8. The molecule has 0 saturated carbocycles. The molecule has 0 aliphatic rings. The van der Waals surface area contributed by atoms with Crippen LogP contribution in [0.1, 0.15) is 5.56 Å². The molecule has 0 spiro atoms. The highest BCUT2D eigenvalue weighted by atomic mass is 35.5. The standard InChI is InChI=1S/C18H18ClN5O4S/c1-24(15-8-3-2-4-9-15)18-22-16(19)21-17(23-18)20-14-7-5-6-13(12-14)10-11-28-29(25,26)27/h2-9,12H,10-11H2,1H3,(H,25,26,27)(H,20,21,22,23). The Morgan fingerprint density at radius 1 is 1.10 bits per heavy atom. The monoisotopic (exact) mass is 435 g/mol. The molecule has 3 rings (SSSR count). The van der Waals surface area contributed by atoms with Crippen molar-refractivity contribution in [3.05, 3.63) is 65.4 Å². The third-order valence-electron chi connectivity index (χ3n) is 3.85. The highest BCUT2D eigenvalue weighted by Crippen LogP contribution is 2.23. The zero-order valence-corrected chi connectivity index (χ0v) is 16.9. The molecule has 0 aliphatic heterocycles. The molecule has 0 unspecified atom stereocenters. The summed E-state index contributed by atoms with van der Waals surface area (Å²) in [6, 6.07) is 16.7. The summed E-state index contributed by atoms with van der Waals surface area (Å²) in [5, 5.41) is 3.10. The Balaban J connectivity index is 1.75. The summed E-state index contributed by atoms with van der Waals surface area (Å²) in [6.45, 7) is -0.175. The van der Waals surface area contributed by atoms with Crippen molar-refractivity contribution in [2.75, 3.05) is 23.9 Å². The zero-order valence-electron chi connectivity index (χ0n) is 15.4. The van der Waals surface area contributed by atoms with Crippen LogP contribution >= 0.6 is 11.6 Å². The summed E-state index contributed by atoms with van der Waals surface area (Å²) in [7, 11) is -2.64. The van der Waals surface area contributed by atoms with E-state index in [2.05, 4.69) is 24.5 Å². The van der Waals surface area contributed by atoms with E-state index in [1.54, 1.807) is 29.2 Å². The fourth-order valence-corrected chi connectivity index (χ4v) is 2.96. The van der Waals surface area contributed by atoms with Gasteiger partial charge in [-0.2, -0.15) is 23.4 Å². The van der Waals surface area contributed by atoms with E-state index >= 15 is 0 Å². The van der Waals surface area contributed by atoms with Gasteiger partial charge in [0.2, 0.25) is 17.2 Å². The Hall–Kier alpha value is -2.79. The smallest absolute Gasteiger partial charge is 0.324 e. The number of halogens is 1. The summed E-state index contributed by atoms with van der Waals surface area (Å²) in [5.41, 5.74) is 2.35. The Kier molecular flexibility index (Phi) is 6.60. The summed E-state index contributed by atoms with van der Waals surface area (Å²) in [6.07, 6.45) is 0.287. The molecular formula is C18H18ClN5O4S. The second-order valence-electron chi connectivity index (χ2n) is 5.95. The average molecular weight is 436 g/mol. The van der Waals surface area contributed by atoms with E-state index in [9.17, 15) is 8.42 Å². The first-order chi connectivity index (χ1) is 13.8. The molecule has 152 valence electrons. The number of nitrogens with zero attached hydrogens (tertiary/aromatic N) is 4. The highest BCUT2D eigenvalue weighted by molar-refractivity contribution is 7.80. The molecule has 9 nitrogen and oxygen atoms in total. The van der Waals surface area contributed by atoms with Gasteiger partial charge in [-0.15, -0.1) is 0 Å². The number of aromatic nitrogens is 3. The molecule has 0 aliphatic carbocycles. The molecule has 0 fully saturated rings.